The van der Waals surface area contributed by atoms with E-state index < -0.39 is 35.0 Å². The van der Waals surface area contributed by atoms with Crippen LogP contribution in [0.3, 0.4) is 0 Å². The molecule has 5 nitrogen and oxygen atoms in total. The largest absolute Gasteiger partial charge is 0.417 e. The Morgan fingerprint density at radius 1 is 1.12 bits per heavy atom. The highest BCUT2D eigenvalue weighted by Crippen LogP contribution is 2.36. The number of pyridine rings is 1. The molecule has 1 aromatic carbocycles. The second kappa shape index (κ2) is 7.98. The molecule has 1 aromatic heterocycles. The van der Waals surface area contributed by atoms with E-state index in [0.29, 0.717) is 11.8 Å². The minimum absolute atomic E-state index is 0.0979. The number of hydrogen-bond acceptors (Lipinski definition) is 3. The fourth-order valence-electron chi connectivity index (χ4n) is 1.93. The van der Waals surface area contributed by atoms with E-state index in [9.17, 15) is 22.8 Å². The summed E-state index contributed by atoms with van der Waals surface area (Å²) < 4.78 is 38.3. The quantitative estimate of drug-likeness (QED) is 0.791. The smallest absolute Gasteiger partial charge is 0.350 e. The standard InChI is InChI=1S/C16H13ClF3N3O2/c17-13-5-4-10(7-12(13)16(18,19)20)23-15(25)8-14(24)22-9-11-3-1-2-6-21-11/h1-7H,8-9H2,(H,22,24)(H,23,25). The maximum Gasteiger partial charge on any atom is 0.417 e. The fraction of sp³-hybridized carbons (Fsp3) is 0.188. The summed E-state index contributed by atoms with van der Waals surface area (Å²) in [7, 11) is 0. The van der Waals surface area contributed by atoms with Gasteiger partial charge in [-0.1, -0.05) is 17.7 Å². The SMILES string of the molecule is O=C(CC(=O)Nc1ccc(Cl)c(C(F)(F)F)c1)NCc1ccccn1. The molecule has 0 aliphatic heterocycles. The van der Waals surface area contributed by atoms with E-state index in [0.717, 1.165) is 6.07 Å². The van der Waals surface area contributed by atoms with E-state index in [4.69, 9.17) is 11.6 Å². The zero-order valence-electron chi connectivity index (χ0n) is 12.7. The van der Waals surface area contributed by atoms with Gasteiger partial charge in [0.1, 0.15) is 6.42 Å². The molecule has 25 heavy (non-hydrogen) atoms. The number of carbonyl (C=O) groups is 2. The predicted molar refractivity (Wildman–Crippen MR) is 85.8 cm³/mol. The molecule has 0 radical (unpaired) electrons. The number of nitrogens with one attached hydrogen (secondary N) is 2. The molecule has 2 N–H and O–H groups in total. The molecule has 0 unspecified atom stereocenters. The van der Waals surface area contributed by atoms with E-state index in [1.54, 1.807) is 24.4 Å². The van der Waals surface area contributed by atoms with Crippen LogP contribution in [0.1, 0.15) is 17.7 Å². The lowest BCUT2D eigenvalue weighted by atomic mass is 10.2. The summed E-state index contributed by atoms with van der Waals surface area (Å²) in [6.45, 7) is 0.145. The first-order valence-corrected chi connectivity index (χ1v) is 7.46. The predicted octanol–water partition coefficient (Wildman–Crippen LogP) is 3.40. The third-order valence-corrected chi connectivity index (χ3v) is 3.40. The molecule has 2 amide bonds. The van der Waals surface area contributed by atoms with E-state index in [-0.39, 0.29) is 12.2 Å². The number of aromatic nitrogens is 1. The van der Waals surface area contributed by atoms with Gasteiger partial charge in [-0.3, -0.25) is 14.6 Å². The van der Waals surface area contributed by atoms with Crippen molar-refractivity contribution < 1.29 is 22.8 Å². The zero-order valence-corrected chi connectivity index (χ0v) is 13.5. The highest BCUT2D eigenvalue weighted by molar-refractivity contribution is 6.31. The highest BCUT2D eigenvalue weighted by Gasteiger charge is 2.33. The Morgan fingerprint density at radius 3 is 2.52 bits per heavy atom. The highest BCUT2D eigenvalue weighted by atomic mass is 35.5. The van der Waals surface area contributed by atoms with E-state index in [2.05, 4.69) is 15.6 Å². The molecular formula is C16H13ClF3N3O2. The third kappa shape index (κ3) is 5.75. The van der Waals surface area contributed by atoms with Gasteiger partial charge in [0.25, 0.3) is 0 Å². The van der Waals surface area contributed by atoms with Gasteiger partial charge in [0.05, 0.1) is 22.8 Å². The number of alkyl halides is 3. The molecule has 0 saturated carbocycles. The number of anilines is 1. The Kier molecular flexibility index (Phi) is 5.97. The summed E-state index contributed by atoms with van der Waals surface area (Å²) in [6, 6.07) is 8.14. The lowest BCUT2D eigenvalue weighted by Crippen LogP contribution is -2.28. The molecule has 2 rings (SSSR count). The molecule has 0 fully saturated rings. The monoisotopic (exact) mass is 371 g/mol. The van der Waals surface area contributed by atoms with E-state index in [1.165, 1.54) is 6.07 Å². The average molecular weight is 372 g/mol. The van der Waals surface area contributed by atoms with Crippen LogP contribution in [0.2, 0.25) is 5.02 Å². The van der Waals surface area contributed by atoms with Gasteiger partial charge in [-0.15, -0.1) is 0 Å². The molecule has 132 valence electrons. The second-order valence-corrected chi connectivity index (χ2v) is 5.42. The Labute approximate surface area is 146 Å². The van der Waals surface area contributed by atoms with Crippen LogP contribution in [-0.4, -0.2) is 16.8 Å². The number of hydrogen-bond donors (Lipinski definition) is 2. The van der Waals surface area contributed by atoms with Crippen molar-refractivity contribution >= 4 is 29.1 Å². The fourth-order valence-corrected chi connectivity index (χ4v) is 2.15. The first-order chi connectivity index (χ1) is 11.8. The first kappa shape index (κ1) is 18.7. The van der Waals surface area contributed by atoms with Gasteiger partial charge in [0.15, 0.2) is 0 Å². The summed E-state index contributed by atoms with van der Waals surface area (Å²) in [5.41, 5.74) is -0.547. The number of carbonyl (C=O) groups excluding carboxylic acids is 2. The number of halogens is 4. The van der Waals surface area contributed by atoms with Crippen molar-refractivity contribution in [3.8, 4) is 0 Å². The van der Waals surface area contributed by atoms with Crippen molar-refractivity contribution in [2.45, 2.75) is 19.1 Å². The molecular weight excluding hydrogens is 359 g/mol. The van der Waals surface area contributed by atoms with Crippen molar-refractivity contribution in [2.24, 2.45) is 0 Å². The summed E-state index contributed by atoms with van der Waals surface area (Å²) >= 11 is 5.50. The zero-order chi connectivity index (χ0) is 18.4. The Hall–Kier alpha value is -2.61. The van der Waals surface area contributed by atoms with Gasteiger partial charge in [-0.2, -0.15) is 13.2 Å². The lowest BCUT2D eigenvalue weighted by Gasteiger charge is -2.12. The molecule has 0 spiro atoms. The summed E-state index contributed by atoms with van der Waals surface area (Å²) in [5.74, 6) is -1.32. The van der Waals surface area contributed by atoms with Crippen LogP contribution < -0.4 is 10.6 Å². The van der Waals surface area contributed by atoms with Crippen molar-refractivity contribution in [2.75, 3.05) is 5.32 Å². The van der Waals surface area contributed by atoms with Gasteiger partial charge in [0, 0.05) is 11.9 Å². The van der Waals surface area contributed by atoms with E-state index >= 15 is 0 Å². The molecule has 0 bridgehead atoms. The normalized spacial score (nSPS) is 11.0. The summed E-state index contributed by atoms with van der Waals surface area (Å²) in [6.07, 6.45) is -3.61. The summed E-state index contributed by atoms with van der Waals surface area (Å²) in [4.78, 5) is 27.5. The maximum atomic E-state index is 12.8. The van der Waals surface area contributed by atoms with Crippen molar-refractivity contribution in [1.82, 2.24) is 10.3 Å². The van der Waals surface area contributed by atoms with Crippen LogP contribution in [0.5, 0.6) is 0 Å². The number of nitrogens with zero attached hydrogens (tertiary/aromatic N) is 1. The third-order valence-electron chi connectivity index (χ3n) is 3.07. The number of rotatable bonds is 5. The minimum Gasteiger partial charge on any atom is -0.350 e. The van der Waals surface area contributed by atoms with Crippen LogP contribution in [0.4, 0.5) is 18.9 Å². The van der Waals surface area contributed by atoms with Crippen LogP contribution in [0.15, 0.2) is 42.6 Å². The van der Waals surface area contributed by atoms with Crippen LogP contribution in [0, 0.1) is 0 Å². The maximum absolute atomic E-state index is 12.8. The van der Waals surface area contributed by atoms with Gasteiger partial charge >= 0.3 is 6.18 Å². The van der Waals surface area contributed by atoms with Crippen LogP contribution >= 0.6 is 11.6 Å². The number of amides is 2. The van der Waals surface area contributed by atoms with Crippen LogP contribution in [0.25, 0.3) is 0 Å². The topological polar surface area (TPSA) is 71.1 Å². The molecule has 0 aliphatic carbocycles. The van der Waals surface area contributed by atoms with Crippen molar-refractivity contribution in [1.29, 1.82) is 0 Å². The minimum atomic E-state index is -4.64. The Balaban J connectivity index is 1.90. The second-order valence-electron chi connectivity index (χ2n) is 5.02. The van der Waals surface area contributed by atoms with Gasteiger partial charge in [0.2, 0.25) is 11.8 Å². The molecule has 1 heterocycles. The summed E-state index contributed by atoms with van der Waals surface area (Å²) in [5, 5.41) is 4.26. The van der Waals surface area contributed by atoms with Crippen molar-refractivity contribution in [3.05, 3.63) is 58.9 Å². The molecule has 0 atom stereocenters. The molecule has 2 aromatic rings. The van der Waals surface area contributed by atoms with Gasteiger partial charge in [-0.05, 0) is 30.3 Å². The van der Waals surface area contributed by atoms with E-state index in [1.807, 2.05) is 0 Å². The van der Waals surface area contributed by atoms with Gasteiger partial charge in [-0.25, -0.2) is 0 Å². The van der Waals surface area contributed by atoms with Crippen LogP contribution in [-0.2, 0) is 22.3 Å². The molecule has 9 heteroatoms. The number of benzene rings is 1. The average Bonchev–Trinajstić information content (AvgIpc) is 2.54. The Morgan fingerprint density at radius 2 is 1.88 bits per heavy atom. The Bertz CT molecular complexity index is 767. The molecule has 0 aliphatic rings. The van der Waals surface area contributed by atoms with Crippen molar-refractivity contribution in [3.63, 3.8) is 0 Å². The first-order valence-electron chi connectivity index (χ1n) is 7.09. The lowest BCUT2D eigenvalue weighted by molar-refractivity contribution is -0.137. The molecule has 0 saturated heterocycles. The van der Waals surface area contributed by atoms with Gasteiger partial charge < -0.3 is 10.6 Å².